The molecule has 1 unspecified atom stereocenters. The van der Waals surface area contributed by atoms with Crippen LogP contribution < -0.4 is 5.32 Å². The second-order valence-corrected chi connectivity index (χ2v) is 13.8. The molecule has 0 fully saturated rings. The van der Waals surface area contributed by atoms with Gasteiger partial charge in [0.15, 0.2) is 5.58 Å². The van der Waals surface area contributed by atoms with Crippen molar-refractivity contribution in [3.8, 4) is 5.69 Å². The predicted octanol–water partition coefficient (Wildman–Crippen LogP) is 11.4. The molecule has 3 aromatic heterocycles. The number of allylic oxidation sites excluding steroid dienone is 2. The van der Waals surface area contributed by atoms with Crippen LogP contribution >= 0.6 is 11.3 Å². The molecule has 9 aromatic rings. The van der Waals surface area contributed by atoms with E-state index < -0.39 is 0 Å². The number of hydrogen-bond donors (Lipinski definition) is 1. The van der Waals surface area contributed by atoms with E-state index in [9.17, 15) is 0 Å². The van der Waals surface area contributed by atoms with Crippen molar-refractivity contribution >= 4 is 92.4 Å². The quantitative estimate of drug-likeness (QED) is 0.208. The Morgan fingerprint density at radius 1 is 0.653 bits per heavy atom. The molecule has 2 aliphatic rings. The summed E-state index contributed by atoms with van der Waals surface area (Å²) in [6.07, 6.45) is 8.41. The molecule has 11 rings (SSSR count). The Bertz CT molecular complexity index is 2950. The Morgan fingerprint density at radius 2 is 1.41 bits per heavy atom. The number of nitrogens with zero attached hydrogens (tertiary/aromatic N) is 2. The molecule has 1 aliphatic carbocycles. The fourth-order valence-electron chi connectivity index (χ4n) is 7.86. The molecule has 4 heterocycles. The lowest BCUT2D eigenvalue weighted by molar-refractivity contribution is 0.673. The van der Waals surface area contributed by atoms with Crippen LogP contribution in [0.3, 0.4) is 0 Å². The summed E-state index contributed by atoms with van der Waals surface area (Å²) in [4.78, 5) is 5.17. The zero-order valence-electron chi connectivity index (χ0n) is 26.2. The molecule has 6 aromatic carbocycles. The van der Waals surface area contributed by atoms with Crippen molar-refractivity contribution < 1.29 is 4.42 Å². The van der Waals surface area contributed by atoms with Crippen LogP contribution in [0.2, 0.25) is 0 Å². The molecule has 0 amide bonds. The van der Waals surface area contributed by atoms with Gasteiger partial charge in [-0.25, -0.2) is 4.99 Å². The molecule has 0 radical (unpaired) electrons. The van der Waals surface area contributed by atoms with Crippen LogP contribution in [0.15, 0.2) is 161 Å². The Kier molecular flexibility index (Phi) is 5.57. The first-order valence-electron chi connectivity index (χ1n) is 16.6. The summed E-state index contributed by atoms with van der Waals surface area (Å²) >= 11 is 1.82. The molecule has 4 nitrogen and oxygen atoms in total. The molecule has 0 spiro atoms. The third-order valence-electron chi connectivity index (χ3n) is 10.00. The third kappa shape index (κ3) is 3.82. The van der Waals surface area contributed by atoms with E-state index in [4.69, 9.17) is 9.41 Å². The van der Waals surface area contributed by atoms with Crippen molar-refractivity contribution in [3.05, 3.63) is 163 Å². The summed E-state index contributed by atoms with van der Waals surface area (Å²) in [7, 11) is 0. The van der Waals surface area contributed by atoms with Crippen LogP contribution in [0.4, 0.5) is 0 Å². The van der Waals surface area contributed by atoms with Crippen LogP contribution in [-0.4, -0.2) is 16.3 Å². The number of para-hydroxylation sites is 2. The maximum atomic E-state index is 6.70. The summed E-state index contributed by atoms with van der Waals surface area (Å²) in [6, 6.07) is 45.5. The van der Waals surface area contributed by atoms with Crippen molar-refractivity contribution in [2.24, 2.45) is 4.99 Å². The fourth-order valence-corrected chi connectivity index (χ4v) is 9.06. The Balaban J connectivity index is 1.21. The van der Waals surface area contributed by atoms with Crippen molar-refractivity contribution in [2.75, 3.05) is 0 Å². The molecular formula is C44H27N3OS. The number of nitrogens with one attached hydrogen (secondary N) is 1. The van der Waals surface area contributed by atoms with E-state index in [-0.39, 0.29) is 6.04 Å². The Morgan fingerprint density at radius 3 is 2.29 bits per heavy atom. The largest absolute Gasteiger partial charge is 0.455 e. The molecule has 1 aliphatic heterocycles. The Hall–Kier alpha value is -6.17. The minimum absolute atomic E-state index is 0.0387. The smallest absolute Gasteiger partial charge is 0.154 e. The number of furan rings is 1. The SMILES string of the molecule is C1=CC2=NC(c3ccccc3)=C(c3ccc(-n4c5ccccc5c5c6c7ccccc7oc6c6sc7ccccc7c6c54)cc3)NC2C=C1. The standard InChI is InChI=1S/C44H27N3OS/c1-2-12-26(13-3-1)40-41(46-33-18-8-7-17-32(33)45-40)27-22-24-28(25-23-27)47-34-19-9-4-14-29(34)37-38-30-15-5-10-20-35(30)48-43(38)44-39(42(37)47)31-16-6-11-21-36(31)49-44/h1-25,33,46H. The van der Waals surface area contributed by atoms with Crippen molar-refractivity contribution in [1.29, 1.82) is 0 Å². The van der Waals surface area contributed by atoms with Gasteiger partial charge in [0.2, 0.25) is 0 Å². The van der Waals surface area contributed by atoms with Gasteiger partial charge in [0.25, 0.3) is 0 Å². The van der Waals surface area contributed by atoms with Gasteiger partial charge in [-0.05, 0) is 42.0 Å². The van der Waals surface area contributed by atoms with Crippen LogP contribution in [0, 0.1) is 0 Å². The third-order valence-corrected chi connectivity index (χ3v) is 11.2. The number of rotatable bonds is 3. The molecule has 230 valence electrons. The lowest BCUT2D eigenvalue weighted by Crippen LogP contribution is -2.37. The van der Waals surface area contributed by atoms with Gasteiger partial charge in [-0.3, -0.25) is 0 Å². The molecular weight excluding hydrogens is 619 g/mol. The monoisotopic (exact) mass is 645 g/mol. The van der Waals surface area contributed by atoms with Gasteiger partial charge in [-0.1, -0.05) is 115 Å². The van der Waals surface area contributed by atoms with Gasteiger partial charge in [0, 0.05) is 48.3 Å². The zero-order chi connectivity index (χ0) is 32.1. The number of fused-ring (bicyclic) bond motifs is 13. The molecule has 5 heteroatoms. The van der Waals surface area contributed by atoms with Gasteiger partial charge >= 0.3 is 0 Å². The maximum Gasteiger partial charge on any atom is 0.154 e. The first-order chi connectivity index (χ1) is 24.3. The average molecular weight is 646 g/mol. The highest BCUT2D eigenvalue weighted by molar-refractivity contribution is 7.26. The summed E-state index contributed by atoms with van der Waals surface area (Å²) in [5.41, 5.74) is 10.6. The van der Waals surface area contributed by atoms with Gasteiger partial charge in [0.05, 0.1) is 38.9 Å². The van der Waals surface area contributed by atoms with Gasteiger partial charge < -0.3 is 14.3 Å². The van der Waals surface area contributed by atoms with E-state index >= 15 is 0 Å². The Labute approximate surface area is 285 Å². The van der Waals surface area contributed by atoms with E-state index in [0.717, 1.165) is 50.5 Å². The number of aliphatic imine (C=N–C) groups is 1. The van der Waals surface area contributed by atoms with E-state index in [0.29, 0.717) is 0 Å². The minimum atomic E-state index is 0.0387. The minimum Gasteiger partial charge on any atom is -0.455 e. The second-order valence-electron chi connectivity index (χ2n) is 12.7. The summed E-state index contributed by atoms with van der Waals surface area (Å²) in [5.74, 6) is 0. The molecule has 0 saturated heterocycles. The topological polar surface area (TPSA) is 42.5 Å². The van der Waals surface area contributed by atoms with Crippen molar-refractivity contribution in [2.45, 2.75) is 6.04 Å². The molecule has 0 saturated carbocycles. The van der Waals surface area contributed by atoms with Crippen molar-refractivity contribution in [1.82, 2.24) is 9.88 Å². The van der Waals surface area contributed by atoms with Crippen molar-refractivity contribution in [3.63, 3.8) is 0 Å². The van der Waals surface area contributed by atoms with Crippen LogP contribution in [0.25, 0.3) is 81.0 Å². The van der Waals surface area contributed by atoms with Gasteiger partial charge in [-0.15, -0.1) is 11.3 Å². The number of aromatic nitrogens is 1. The lowest BCUT2D eigenvalue weighted by atomic mass is 9.98. The van der Waals surface area contributed by atoms with E-state index in [1.54, 1.807) is 0 Å². The number of thiophene rings is 1. The first-order valence-corrected chi connectivity index (χ1v) is 17.4. The number of hydrogen-bond acceptors (Lipinski definition) is 4. The predicted molar refractivity (Wildman–Crippen MR) is 207 cm³/mol. The highest BCUT2D eigenvalue weighted by Crippen LogP contribution is 2.50. The normalized spacial score (nSPS) is 16.0. The summed E-state index contributed by atoms with van der Waals surface area (Å²) in [5, 5.41) is 11.1. The van der Waals surface area contributed by atoms with Gasteiger partial charge in [0.1, 0.15) is 5.58 Å². The average Bonchev–Trinajstić information content (AvgIpc) is 3.85. The molecule has 1 atom stereocenters. The van der Waals surface area contributed by atoms with Crippen LogP contribution in [0.1, 0.15) is 11.1 Å². The maximum absolute atomic E-state index is 6.70. The highest BCUT2D eigenvalue weighted by Gasteiger charge is 2.27. The first kappa shape index (κ1) is 26.9. The van der Waals surface area contributed by atoms with E-state index in [1.165, 1.54) is 47.4 Å². The van der Waals surface area contributed by atoms with Crippen LogP contribution in [-0.2, 0) is 0 Å². The summed E-state index contributed by atoms with van der Waals surface area (Å²) in [6.45, 7) is 0. The molecule has 1 N–H and O–H groups in total. The van der Waals surface area contributed by atoms with Crippen LogP contribution in [0.5, 0.6) is 0 Å². The number of benzene rings is 6. The zero-order valence-corrected chi connectivity index (χ0v) is 27.0. The van der Waals surface area contributed by atoms with E-state index in [2.05, 4.69) is 156 Å². The van der Waals surface area contributed by atoms with E-state index in [1.807, 2.05) is 17.4 Å². The lowest BCUT2D eigenvalue weighted by Gasteiger charge is -2.28. The molecule has 49 heavy (non-hydrogen) atoms. The van der Waals surface area contributed by atoms with Gasteiger partial charge in [-0.2, -0.15) is 0 Å². The fraction of sp³-hybridized carbons (Fsp3) is 0.0227. The molecule has 0 bridgehead atoms. The summed E-state index contributed by atoms with van der Waals surface area (Å²) < 4.78 is 11.6. The highest BCUT2D eigenvalue weighted by atomic mass is 32.1. The second kappa shape index (κ2) is 10.2.